The van der Waals surface area contributed by atoms with Gasteiger partial charge in [0.2, 0.25) is 34.8 Å². The van der Waals surface area contributed by atoms with Gasteiger partial charge in [-0.1, -0.05) is 20.8 Å². The van der Waals surface area contributed by atoms with Gasteiger partial charge in [-0.25, -0.2) is 24.2 Å². The average Bonchev–Trinajstić information content (AvgIpc) is 3.69. The van der Waals surface area contributed by atoms with E-state index in [9.17, 15) is 53.1 Å². The van der Waals surface area contributed by atoms with Crippen LogP contribution >= 0.6 is 0 Å². The van der Waals surface area contributed by atoms with E-state index in [1.807, 2.05) is 0 Å². The summed E-state index contributed by atoms with van der Waals surface area (Å²) in [7, 11) is 5.62. The van der Waals surface area contributed by atoms with Crippen LogP contribution in [0.5, 0.6) is 0 Å². The molecule has 26 heteroatoms. The van der Waals surface area contributed by atoms with Gasteiger partial charge < -0.3 is 73.5 Å². The molecule has 0 fully saturated rings. The minimum Gasteiger partial charge on any atom is -0.480 e. The predicted octanol–water partition coefficient (Wildman–Crippen LogP) is -0.820. The number of nitrogens with one attached hydrogen (secondary N) is 3. The number of ether oxygens (including phenoxy) is 10. The highest BCUT2D eigenvalue weighted by atomic mass is 16.6. The Bertz CT molecular complexity index is 1510. The van der Waals surface area contributed by atoms with E-state index in [0.29, 0.717) is 18.9 Å². The van der Waals surface area contributed by atoms with E-state index in [0.717, 1.165) is 0 Å². The third-order valence-electron chi connectivity index (χ3n) is 7.85. The lowest BCUT2D eigenvalue weighted by atomic mass is 10.0. The molecule has 5 N–H and O–H groups in total. The highest BCUT2D eigenvalue weighted by Gasteiger charge is 2.38. The van der Waals surface area contributed by atoms with Crippen LogP contribution in [-0.2, 0) is 95.3 Å². The normalized spacial score (nSPS) is 13.6. The SMILES string of the molecule is CCOC(=O)[C@@](C)(CC)OC(=O)CNC(=O)COC.CCOC(=O)[C@@](C)(CC)OC(=O)CNC(=O)COC.CCOC(=O)[C@](C)(O)CC.COCC(=O)NCC(=O)O.COCC1=NCC(=O)O1. The number of rotatable bonds is 25. The first-order valence-electron chi connectivity index (χ1n) is 20.7. The number of aliphatic hydroxyl groups is 1. The summed E-state index contributed by atoms with van der Waals surface area (Å²) in [5, 5.41) is 24.1. The fourth-order valence-electron chi connectivity index (χ4n) is 3.70. The number of hydrogen-bond donors (Lipinski definition) is 5. The number of methoxy groups -OCH3 is 4. The van der Waals surface area contributed by atoms with Crippen LogP contribution in [-0.4, -0.2) is 193 Å². The van der Waals surface area contributed by atoms with Crippen LogP contribution in [0.25, 0.3) is 0 Å². The molecule has 0 radical (unpaired) electrons. The number of carboxylic acid groups (broad SMARTS) is 1. The molecule has 3 amide bonds. The fourth-order valence-corrected chi connectivity index (χ4v) is 3.70. The second-order valence-electron chi connectivity index (χ2n) is 13.5. The molecule has 0 unspecified atom stereocenters. The van der Waals surface area contributed by atoms with Crippen molar-refractivity contribution in [3.63, 3.8) is 0 Å². The molecule has 0 aromatic carbocycles. The molecular formula is C41H72N4O22. The van der Waals surface area contributed by atoms with Crippen molar-refractivity contribution >= 4 is 65.4 Å². The molecule has 1 aliphatic heterocycles. The first kappa shape index (κ1) is 67.8. The van der Waals surface area contributed by atoms with Crippen molar-refractivity contribution in [3.05, 3.63) is 0 Å². The van der Waals surface area contributed by atoms with Crippen molar-refractivity contribution in [2.75, 3.05) is 101 Å². The van der Waals surface area contributed by atoms with E-state index in [1.54, 1.807) is 41.5 Å². The zero-order chi connectivity index (χ0) is 52.6. The number of carboxylic acids is 1. The van der Waals surface area contributed by atoms with E-state index < -0.39 is 70.3 Å². The van der Waals surface area contributed by atoms with E-state index in [2.05, 4.69) is 49.4 Å². The Kier molecular flexibility index (Phi) is 39.8. The summed E-state index contributed by atoms with van der Waals surface area (Å²) >= 11 is 0. The number of hydrogen-bond acceptors (Lipinski definition) is 22. The molecule has 67 heavy (non-hydrogen) atoms. The first-order valence-corrected chi connectivity index (χ1v) is 20.7. The van der Waals surface area contributed by atoms with Crippen LogP contribution in [0.2, 0.25) is 0 Å². The van der Waals surface area contributed by atoms with Gasteiger partial charge >= 0.3 is 41.8 Å². The van der Waals surface area contributed by atoms with Gasteiger partial charge in [-0.15, -0.1) is 0 Å². The Hall–Kier alpha value is -5.83. The predicted molar refractivity (Wildman–Crippen MR) is 233 cm³/mol. The third-order valence-corrected chi connectivity index (χ3v) is 7.85. The minimum absolute atomic E-state index is 0.104. The highest BCUT2D eigenvalue weighted by molar-refractivity contribution is 5.95. The summed E-state index contributed by atoms with van der Waals surface area (Å²) in [6, 6.07) is 0. The maximum atomic E-state index is 11.7. The van der Waals surface area contributed by atoms with E-state index >= 15 is 0 Å². The Morgan fingerprint density at radius 1 is 0.582 bits per heavy atom. The number of nitrogens with zero attached hydrogens (tertiary/aromatic N) is 1. The molecule has 1 heterocycles. The fraction of sp³-hybridized carbons (Fsp3) is 0.732. The van der Waals surface area contributed by atoms with Gasteiger partial charge in [0.15, 0.2) is 5.60 Å². The molecular weight excluding hydrogens is 900 g/mol. The van der Waals surface area contributed by atoms with Gasteiger partial charge in [-0.05, 0) is 60.8 Å². The van der Waals surface area contributed by atoms with Crippen LogP contribution in [0.1, 0.15) is 81.6 Å². The molecule has 3 atom stereocenters. The summed E-state index contributed by atoms with van der Waals surface area (Å²) in [4.78, 5) is 114. The van der Waals surface area contributed by atoms with Crippen LogP contribution in [0.4, 0.5) is 0 Å². The van der Waals surface area contributed by atoms with Gasteiger partial charge in [0, 0.05) is 28.4 Å². The molecule has 0 saturated carbocycles. The summed E-state index contributed by atoms with van der Waals surface area (Å²) in [6.45, 7) is 14.3. The lowest BCUT2D eigenvalue weighted by Gasteiger charge is -2.25. The zero-order valence-electron chi connectivity index (χ0n) is 40.9. The molecule has 1 aliphatic rings. The number of cyclic esters (lactones) is 1. The molecule has 0 aromatic heterocycles. The van der Waals surface area contributed by atoms with Crippen LogP contribution in [0.15, 0.2) is 4.99 Å². The van der Waals surface area contributed by atoms with Gasteiger partial charge in [-0.2, -0.15) is 0 Å². The molecule has 0 spiro atoms. The van der Waals surface area contributed by atoms with Crippen molar-refractivity contribution in [1.82, 2.24) is 16.0 Å². The maximum absolute atomic E-state index is 11.7. The maximum Gasteiger partial charge on any atom is 0.350 e. The summed E-state index contributed by atoms with van der Waals surface area (Å²) in [5.74, 6) is -5.45. The number of carbonyl (C=O) groups is 10. The number of amides is 3. The topological polar surface area (TPSA) is 352 Å². The Labute approximate surface area is 390 Å². The van der Waals surface area contributed by atoms with Crippen molar-refractivity contribution in [2.24, 2.45) is 4.99 Å². The molecule has 0 saturated heterocycles. The van der Waals surface area contributed by atoms with Crippen LogP contribution in [0.3, 0.4) is 0 Å². The van der Waals surface area contributed by atoms with Gasteiger partial charge in [0.05, 0.1) is 19.8 Å². The van der Waals surface area contributed by atoms with Crippen LogP contribution in [0, 0.1) is 0 Å². The van der Waals surface area contributed by atoms with Gasteiger partial charge in [0.1, 0.15) is 52.6 Å². The summed E-state index contributed by atoms with van der Waals surface area (Å²) < 4.78 is 47.3. The molecule has 0 bridgehead atoms. The van der Waals surface area contributed by atoms with Crippen molar-refractivity contribution in [2.45, 2.75) is 98.4 Å². The molecule has 388 valence electrons. The molecule has 26 nitrogen and oxygen atoms in total. The second kappa shape index (κ2) is 39.3. The Morgan fingerprint density at radius 3 is 1.21 bits per heavy atom. The smallest absolute Gasteiger partial charge is 0.350 e. The van der Waals surface area contributed by atoms with Gasteiger partial charge in [0.25, 0.3) is 0 Å². The third kappa shape index (κ3) is 35.1. The monoisotopic (exact) mass is 972 g/mol. The molecule has 1 rings (SSSR count). The molecule has 0 aliphatic carbocycles. The van der Waals surface area contributed by atoms with Crippen LogP contribution < -0.4 is 16.0 Å². The summed E-state index contributed by atoms with van der Waals surface area (Å²) in [6.07, 6.45) is 0.943. The van der Waals surface area contributed by atoms with E-state index in [-0.39, 0.29) is 84.6 Å². The van der Waals surface area contributed by atoms with Crippen molar-refractivity contribution in [1.29, 1.82) is 0 Å². The largest absolute Gasteiger partial charge is 0.480 e. The van der Waals surface area contributed by atoms with E-state index in [4.69, 9.17) is 24.1 Å². The van der Waals surface area contributed by atoms with Crippen molar-refractivity contribution in [3.8, 4) is 0 Å². The summed E-state index contributed by atoms with van der Waals surface area (Å²) in [5.41, 5.74) is -3.98. The Balaban J connectivity index is -0.000000385. The minimum atomic E-state index is -1.33. The van der Waals surface area contributed by atoms with E-state index in [1.165, 1.54) is 49.2 Å². The quantitative estimate of drug-likeness (QED) is 0.0551. The number of aliphatic imine (C=N–C) groups is 1. The Morgan fingerprint density at radius 2 is 0.940 bits per heavy atom. The zero-order valence-corrected chi connectivity index (χ0v) is 40.9. The number of carbonyl (C=O) groups excluding carboxylic acids is 9. The van der Waals surface area contributed by atoms with Gasteiger partial charge in [-0.3, -0.25) is 28.8 Å². The number of aliphatic carboxylic acids is 1. The lowest BCUT2D eigenvalue weighted by Crippen LogP contribution is -2.44. The van der Waals surface area contributed by atoms with Crippen molar-refractivity contribution < 1.29 is 106 Å². The second-order valence-corrected chi connectivity index (χ2v) is 13.5. The average molecular weight is 973 g/mol. The number of esters is 6. The standard InChI is InChI=1S/2C12H21NO6.C7H14O3.C5H9NO4.C5H7NO3/c2*1-5-12(3,11(16)18-6-2)19-10(15)7-13-9(14)8-17-4;1-4-7(3,9)6(8)10-5-2;1-10-3-4(7)6-2-5(8)9;1-8-3-4-6-2-5(7)9-4/h2*5-8H2,1-4H3,(H,13,14);9H,4-5H2,1-3H3;2-3H2,1H3,(H,6,7)(H,8,9);2-3H2,1H3/t2*12-;7-;;/m111../s1. The lowest BCUT2D eigenvalue weighted by molar-refractivity contribution is -0.180. The first-order chi connectivity index (χ1) is 31.3. The molecule has 0 aromatic rings. The highest BCUT2D eigenvalue weighted by Crippen LogP contribution is 2.18.